The van der Waals surface area contributed by atoms with E-state index in [1.54, 1.807) is 49.6 Å². The highest BCUT2D eigenvalue weighted by molar-refractivity contribution is 9.11. The third-order valence-corrected chi connectivity index (χ3v) is 5.12. The fourth-order valence-corrected chi connectivity index (χ4v) is 3.82. The van der Waals surface area contributed by atoms with E-state index < -0.39 is 5.97 Å². The maximum Gasteiger partial charge on any atom is 0.355 e. The summed E-state index contributed by atoms with van der Waals surface area (Å²) in [7, 11) is 1.58. The molecule has 7 heteroatoms. The number of phenols is 1. The first kappa shape index (κ1) is 18.0. The number of carbonyl (C=O) groups is 1. The Balaban J connectivity index is 2.07. The Labute approximate surface area is 166 Å². The van der Waals surface area contributed by atoms with E-state index in [-0.39, 0.29) is 10.8 Å². The van der Waals surface area contributed by atoms with E-state index in [9.17, 15) is 9.90 Å². The standard InChI is InChI=1S/C18H11Br2ClO4/c1-24-11-4-2-10(3-5-11)15-14(25-18(23)16(15)21)8-9-6-12(19)17(22)13(20)7-9/h2-8,22H,1H3/b14-8-. The zero-order valence-corrected chi connectivity index (χ0v) is 16.8. The highest BCUT2D eigenvalue weighted by atomic mass is 79.9. The highest BCUT2D eigenvalue weighted by Crippen LogP contribution is 2.39. The number of ether oxygens (including phenoxy) is 2. The molecule has 0 radical (unpaired) electrons. The lowest BCUT2D eigenvalue weighted by atomic mass is 10.0. The summed E-state index contributed by atoms with van der Waals surface area (Å²) >= 11 is 12.7. The van der Waals surface area contributed by atoms with Gasteiger partial charge < -0.3 is 14.6 Å². The fraction of sp³-hybridized carbons (Fsp3) is 0.0556. The van der Waals surface area contributed by atoms with Crippen molar-refractivity contribution in [2.75, 3.05) is 7.11 Å². The van der Waals surface area contributed by atoms with Gasteiger partial charge in [-0.25, -0.2) is 4.79 Å². The molecule has 1 aliphatic rings. The minimum absolute atomic E-state index is 0.0216. The van der Waals surface area contributed by atoms with Crippen molar-refractivity contribution in [3.63, 3.8) is 0 Å². The molecule has 0 fully saturated rings. The van der Waals surface area contributed by atoms with Gasteiger partial charge in [-0.2, -0.15) is 0 Å². The molecule has 0 atom stereocenters. The van der Waals surface area contributed by atoms with Gasteiger partial charge in [-0.15, -0.1) is 0 Å². The van der Waals surface area contributed by atoms with Crippen LogP contribution in [0.4, 0.5) is 0 Å². The second kappa shape index (κ2) is 7.23. The second-order valence-corrected chi connectivity index (χ2v) is 7.24. The highest BCUT2D eigenvalue weighted by Gasteiger charge is 2.29. The average Bonchev–Trinajstić information content (AvgIpc) is 2.86. The number of carbonyl (C=O) groups excluding carboxylic acids is 1. The number of esters is 1. The van der Waals surface area contributed by atoms with Crippen molar-refractivity contribution in [1.29, 1.82) is 0 Å². The van der Waals surface area contributed by atoms with Crippen molar-refractivity contribution < 1.29 is 19.4 Å². The van der Waals surface area contributed by atoms with E-state index in [1.165, 1.54) is 0 Å². The molecule has 0 spiro atoms. The van der Waals surface area contributed by atoms with Crippen LogP contribution in [0.1, 0.15) is 11.1 Å². The third kappa shape index (κ3) is 3.61. The van der Waals surface area contributed by atoms with Gasteiger partial charge in [-0.05, 0) is 73.3 Å². The molecular formula is C18H11Br2ClO4. The molecule has 0 aliphatic carbocycles. The molecule has 0 amide bonds. The Morgan fingerprint density at radius 1 is 1.16 bits per heavy atom. The van der Waals surface area contributed by atoms with Gasteiger partial charge in [0.05, 0.1) is 21.6 Å². The van der Waals surface area contributed by atoms with Crippen LogP contribution in [0.25, 0.3) is 11.6 Å². The number of phenolic OH excluding ortho intramolecular Hbond substituents is 1. The van der Waals surface area contributed by atoms with Crippen molar-refractivity contribution in [1.82, 2.24) is 0 Å². The number of benzene rings is 2. The van der Waals surface area contributed by atoms with Gasteiger partial charge in [-0.3, -0.25) is 0 Å². The summed E-state index contributed by atoms with van der Waals surface area (Å²) in [5, 5.41) is 9.83. The lowest BCUT2D eigenvalue weighted by Gasteiger charge is -2.07. The lowest BCUT2D eigenvalue weighted by Crippen LogP contribution is -1.93. The summed E-state index contributed by atoms with van der Waals surface area (Å²) in [4.78, 5) is 11.9. The molecule has 0 bridgehead atoms. The zero-order valence-electron chi connectivity index (χ0n) is 12.8. The molecule has 1 heterocycles. The van der Waals surface area contributed by atoms with Crippen molar-refractivity contribution in [2.24, 2.45) is 0 Å². The molecule has 3 rings (SSSR count). The predicted molar refractivity (Wildman–Crippen MR) is 103 cm³/mol. The van der Waals surface area contributed by atoms with Crippen LogP contribution in [0.3, 0.4) is 0 Å². The zero-order chi connectivity index (χ0) is 18.1. The molecule has 128 valence electrons. The fourth-order valence-electron chi connectivity index (χ4n) is 2.35. The van der Waals surface area contributed by atoms with Gasteiger partial charge in [-0.1, -0.05) is 23.7 Å². The first-order chi connectivity index (χ1) is 11.9. The number of hydrogen-bond donors (Lipinski definition) is 1. The molecule has 0 saturated heterocycles. The minimum atomic E-state index is -0.601. The van der Waals surface area contributed by atoms with Gasteiger partial charge in [0.1, 0.15) is 22.3 Å². The van der Waals surface area contributed by atoms with Gasteiger partial charge in [0.25, 0.3) is 0 Å². The van der Waals surface area contributed by atoms with Gasteiger partial charge in [0, 0.05) is 0 Å². The van der Waals surface area contributed by atoms with Crippen LogP contribution < -0.4 is 4.74 Å². The quantitative estimate of drug-likeness (QED) is 0.585. The van der Waals surface area contributed by atoms with E-state index in [1.807, 2.05) is 0 Å². The molecule has 0 unspecified atom stereocenters. The first-order valence-electron chi connectivity index (χ1n) is 7.07. The summed E-state index contributed by atoms with van der Waals surface area (Å²) < 4.78 is 11.5. The maximum absolute atomic E-state index is 11.9. The van der Waals surface area contributed by atoms with Crippen LogP contribution in [0, 0.1) is 0 Å². The first-order valence-corrected chi connectivity index (χ1v) is 9.03. The van der Waals surface area contributed by atoms with Crippen molar-refractivity contribution >= 4 is 61.1 Å². The summed E-state index contributed by atoms with van der Waals surface area (Å²) in [6, 6.07) is 10.6. The monoisotopic (exact) mass is 484 g/mol. The van der Waals surface area contributed by atoms with Crippen LogP contribution in [-0.2, 0) is 9.53 Å². The van der Waals surface area contributed by atoms with Crippen molar-refractivity contribution in [3.8, 4) is 11.5 Å². The number of methoxy groups -OCH3 is 1. The smallest absolute Gasteiger partial charge is 0.355 e. The summed E-state index contributed by atoms with van der Waals surface area (Å²) in [5.74, 6) is 0.525. The van der Waals surface area contributed by atoms with Gasteiger partial charge >= 0.3 is 5.97 Å². The molecule has 2 aromatic carbocycles. The Kier molecular flexibility index (Phi) is 5.22. The van der Waals surface area contributed by atoms with Crippen LogP contribution in [0.15, 0.2) is 56.1 Å². The average molecular weight is 487 g/mol. The summed E-state index contributed by atoms with van der Waals surface area (Å²) in [6.07, 6.45) is 1.68. The molecular weight excluding hydrogens is 475 g/mol. The Morgan fingerprint density at radius 3 is 2.32 bits per heavy atom. The Bertz CT molecular complexity index is 894. The van der Waals surface area contributed by atoms with Gasteiger partial charge in [0.2, 0.25) is 0 Å². The van der Waals surface area contributed by atoms with Crippen LogP contribution in [0.2, 0.25) is 0 Å². The van der Waals surface area contributed by atoms with Crippen LogP contribution in [-0.4, -0.2) is 18.2 Å². The maximum atomic E-state index is 11.9. The number of cyclic esters (lactones) is 1. The molecule has 25 heavy (non-hydrogen) atoms. The van der Waals surface area contributed by atoms with Crippen molar-refractivity contribution in [3.05, 3.63) is 67.3 Å². The number of rotatable bonds is 3. The van der Waals surface area contributed by atoms with Gasteiger partial charge in [0.15, 0.2) is 0 Å². The number of halogens is 3. The van der Waals surface area contributed by atoms with Crippen LogP contribution >= 0.6 is 43.5 Å². The molecule has 4 nitrogen and oxygen atoms in total. The second-order valence-electron chi connectivity index (χ2n) is 5.15. The van der Waals surface area contributed by atoms with E-state index in [0.717, 1.165) is 11.1 Å². The number of aromatic hydroxyl groups is 1. The Hall–Kier alpha value is -1.76. The molecule has 0 aromatic heterocycles. The minimum Gasteiger partial charge on any atom is -0.506 e. The molecule has 2 aromatic rings. The largest absolute Gasteiger partial charge is 0.506 e. The number of allylic oxidation sites excluding steroid dienone is 1. The molecule has 0 saturated carbocycles. The predicted octanol–water partition coefficient (Wildman–Crippen LogP) is 5.47. The normalized spacial score (nSPS) is 15.7. The Morgan fingerprint density at radius 2 is 1.76 bits per heavy atom. The SMILES string of the molecule is COc1ccc(C2=C(Cl)C(=O)O/C2=C\c2cc(Br)c(O)c(Br)c2)cc1. The van der Waals surface area contributed by atoms with E-state index in [2.05, 4.69) is 31.9 Å². The molecule has 1 aliphatic heterocycles. The van der Waals surface area contributed by atoms with Crippen LogP contribution in [0.5, 0.6) is 11.5 Å². The summed E-state index contributed by atoms with van der Waals surface area (Å²) in [6.45, 7) is 0. The topological polar surface area (TPSA) is 55.8 Å². The van der Waals surface area contributed by atoms with Crippen molar-refractivity contribution in [2.45, 2.75) is 0 Å². The molecule has 1 N–H and O–H groups in total. The lowest BCUT2D eigenvalue weighted by molar-refractivity contribution is -0.132. The summed E-state index contributed by atoms with van der Waals surface area (Å²) in [5.41, 5.74) is 1.96. The third-order valence-electron chi connectivity index (χ3n) is 3.56. The van der Waals surface area contributed by atoms with E-state index in [0.29, 0.717) is 26.0 Å². The van der Waals surface area contributed by atoms with E-state index >= 15 is 0 Å². The van der Waals surface area contributed by atoms with E-state index in [4.69, 9.17) is 21.1 Å². The number of hydrogen-bond acceptors (Lipinski definition) is 4.